The predicted molar refractivity (Wildman–Crippen MR) is 105 cm³/mol. The second-order valence-electron chi connectivity index (χ2n) is 5.28. The van der Waals surface area contributed by atoms with Gasteiger partial charge in [-0.3, -0.25) is 5.43 Å². The van der Waals surface area contributed by atoms with Crippen LogP contribution in [0.3, 0.4) is 0 Å². The summed E-state index contributed by atoms with van der Waals surface area (Å²) in [6.07, 6.45) is 1.65. The fourth-order valence-electron chi connectivity index (χ4n) is 2.10. The molecule has 0 radical (unpaired) electrons. The largest absolute Gasteiger partial charge is 0.490 e. The van der Waals surface area contributed by atoms with Crippen LogP contribution in [-0.4, -0.2) is 24.5 Å². The van der Waals surface area contributed by atoms with E-state index in [0.29, 0.717) is 29.8 Å². The Morgan fingerprint density at radius 1 is 1.12 bits per heavy atom. The van der Waals surface area contributed by atoms with Crippen molar-refractivity contribution in [3.8, 4) is 11.5 Å². The molecular formula is C19H22FN3O2S. The van der Waals surface area contributed by atoms with Crippen LogP contribution in [-0.2, 0) is 6.61 Å². The van der Waals surface area contributed by atoms with E-state index in [1.165, 1.54) is 12.1 Å². The van der Waals surface area contributed by atoms with Crippen LogP contribution in [0.15, 0.2) is 47.6 Å². The minimum Gasteiger partial charge on any atom is -0.490 e. The van der Waals surface area contributed by atoms with E-state index in [1.54, 1.807) is 18.3 Å². The fourth-order valence-corrected chi connectivity index (χ4v) is 2.30. The van der Waals surface area contributed by atoms with Crippen molar-refractivity contribution >= 4 is 23.5 Å². The third-order valence-electron chi connectivity index (χ3n) is 3.29. The van der Waals surface area contributed by atoms with Crippen LogP contribution in [0, 0.1) is 5.82 Å². The quantitative estimate of drug-likeness (QED) is 0.419. The zero-order chi connectivity index (χ0) is 18.8. The molecule has 0 aliphatic heterocycles. The molecule has 0 aromatic heterocycles. The van der Waals surface area contributed by atoms with Crippen molar-refractivity contribution in [2.75, 3.05) is 13.2 Å². The van der Waals surface area contributed by atoms with Gasteiger partial charge in [0.1, 0.15) is 12.4 Å². The second-order valence-corrected chi connectivity index (χ2v) is 5.69. The van der Waals surface area contributed by atoms with Gasteiger partial charge >= 0.3 is 0 Å². The summed E-state index contributed by atoms with van der Waals surface area (Å²) in [5.74, 6) is 0.965. The van der Waals surface area contributed by atoms with Crippen molar-refractivity contribution in [2.45, 2.75) is 20.5 Å². The molecule has 0 heterocycles. The Bertz CT molecular complexity index is 751. The number of hydrogen-bond acceptors (Lipinski definition) is 4. The van der Waals surface area contributed by atoms with Gasteiger partial charge in [0.2, 0.25) is 0 Å². The molecule has 138 valence electrons. The third kappa shape index (κ3) is 6.33. The van der Waals surface area contributed by atoms with E-state index in [4.69, 9.17) is 21.7 Å². The molecule has 0 spiro atoms. The van der Waals surface area contributed by atoms with E-state index in [9.17, 15) is 4.39 Å². The van der Waals surface area contributed by atoms with E-state index in [2.05, 4.69) is 15.8 Å². The molecule has 0 saturated heterocycles. The number of hydrazone groups is 1. The van der Waals surface area contributed by atoms with E-state index in [1.807, 2.05) is 32.0 Å². The minimum absolute atomic E-state index is 0.269. The predicted octanol–water partition coefficient (Wildman–Crippen LogP) is 3.62. The first-order valence-electron chi connectivity index (χ1n) is 8.33. The van der Waals surface area contributed by atoms with Crippen LogP contribution in [0.4, 0.5) is 4.39 Å². The summed E-state index contributed by atoms with van der Waals surface area (Å²) in [5, 5.41) is 7.49. The van der Waals surface area contributed by atoms with E-state index in [0.717, 1.165) is 17.7 Å². The molecule has 0 unspecified atom stereocenters. The first-order chi connectivity index (χ1) is 12.6. The maximum Gasteiger partial charge on any atom is 0.186 e. The molecular weight excluding hydrogens is 353 g/mol. The smallest absolute Gasteiger partial charge is 0.186 e. The zero-order valence-electron chi connectivity index (χ0n) is 14.8. The second kappa shape index (κ2) is 10.4. The average molecular weight is 375 g/mol. The molecule has 2 aromatic carbocycles. The topological polar surface area (TPSA) is 54.9 Å². The molecule has 0 fully saturated rings. The van der Waals surface area contributed by atoms with Gasteiger partial charge < -0.3 is 14.8 Å². The van der Waals surface area contributed by atoms with E-state index >= 15 is 0 Å². The lowest BCUT2D eigenvalue weighted by Crippen LogP contribution is -2.31. The Balaban J connectivity index is 2.03. The van der Waals surface area contributed by atoms with Gasteiger partial charge in [0.15, 0.2) is 16.6 Å². The summed E-state index contributed by atoms with van der Waals surface area (Å²) in [4.78, 5) is 0. The maximum atomic E-state index is 13.0. The van der Waals surface area contributed by atoms with Gasteiger partial charge in [-0.2, -0.15) is 5.10 Å². The maximum absolute atomic E-state index is 13.0. The molecule has 0 aliphatic carbocycles. The molecule has 0 aliphatic rings. The number of ether oxygens (including phenoxy) is 2. The van der Waals surface area contributed by atoms with Crippen LogP contribution < -0.4 is 20.2 Å². The van der Waals surface area contributed by atoms with Crippen LogP contribution in [0.2, 0.25) is 0 Å². The van der Waals surface area contributed by atoms with Gasteiger partial charge in [-0.25, -0.2) is 4.39 Å². The van der Waals surface area contributed by atoms with E-state index < -0.39 is 0 Å². The number of nitrogens with zero attached hydrogens (tertiary/aromatic N) is 1. The Labute approximate surface area is 158 Å². The number of nitrogens with one attached hydrogen (secondary N) is 2. The highest BCUT2D eigenvalue weighted by atomic mass is 32.1. The Morgan fingerprint density at radius 3 is 2.58 bits per heavy atom. The van der Waals surface area contributed by atoms with Gasteiger partial charge in [-0.15, -0.1) is 0 Å². The SMILES string of the molecule is CCNC(=S)NN=Cc1ccc(OCc2ccc(F)cc2)c(OCC)c1. The number of halogens is 1. The molecule has 0 atom stereocenters. The zero-order valence-corrected chi connectivity index (χ0v) is 15.6. The van der Waals surface area contributed by atoms with Crippen molar-refractivity contribution in [3.05, 3.63) is 59.4 Å². The van der Waals surface area contributed by atoms with Crippen molar-refractivity contribution in [3.63, 3.8) is 0 Å². The summed E-state index contributed by atoms with van der Waals surface area (Å²) in [7, 11) is 0. The summed E-state index contributed by atoms with van der Waals surface area (Å²) in [6, 6.07) is 11.7. The first-order valence-corrected chi connectivity index (χ1v) is 8.74. The average Bonchev–Trinajstić information content (AvgIpc) is 2.63. The highest BCUT2D eigenvalue weighted by molar-refractivity contribution is 7.80. The van der Waals surface area contributed by atoms with Gasteiger partial charge in [0.05, 0.1) is 12.8 Å². The van der Waals surface area contributed by atoms with Crippen LogP contribution in [0.25, 0.3) is 0 Å². The number of hydrogen-bond donors (Lipinski definition) is 2. The van der Waals surface area contributed by atoms with Gasteiger partial charge in [0, 0.05) is 6.54 Å². The summed E-state index contributed by atoms with van der Waals surface area (Å²) in [5.41, 5.74) is 4.45. The Hall–Kier alpha value is -2.67. The summed E-state index contributed by atoms with van der Waals surface area (Å²) < 4.78 is 24.4. The Morgan fingerprint density at radius 2 is 1.88 bits per heavy atom. The monoisotopic (exact) mass is 375 g/mol. The molecule has 0 saturated carbocycles. The molecule has 7 heteroatoms. The summed E-state index contributed by atoms with van der Waals surface area (Å²) >= 11 is 5.04. The third-order valence-corrected chi connectivity index (χ3v) is 3.53. The van der Waals surface area contributed by atoms with Gasteiger partial charge in [-0.1, -0.05) is 12.1 Å². The molecule has 2 N–H and O–H groups in total. The molecule has 26 heavy (non-hydrogen) atoms. The van der Waals surface area contributed by atoms with Crippen molar-refractivity contribution < 1.29 is 13.9 Å². The Kier molecular flexibility index (Phi) is 7.82. The lowest BCUT2D eigenvalue weighted by molar-refractivity contribution is 0.269. The van der Waals surface area contributed by atoms with Crippen molar-refractivity contribution in [1.29, 1.82) is 0 Å². The highest BCUT2D eigenvalue weighted by Gasteiger charge is 2.07. The van der Waals surface area contributed by atoms with Crippen LogP contribution in [0.1, 0.15) is 25.0 Å². The normalized spacial score (nSPS) is 10.6. The molecule has 5 nitrogen and oxygen atoms in total. The van der Waals surface area contributed by atoms with Crippen molar-refractivity contribution in [1.82, 2.24) is 10.7 Å². The molecule has 2 aromatic rings. The lowest BCUT2D eigenvalue weighted by atomic mass is 10.2. The molecule has 2 rings (SSSR count). The fraction of sp³-hybridized carbons (Fsp3) is 0.263. The number of thiocarbonyl (C=S) groups is 1. The highest BCUT2D eigenvalue weighted by Crippen LogP contribution is 2.28. The molecule has 0 bridgehead atoms. The molecule has 0 amide bonds. The number of benzene rings is 2. The standard InChI is InChI=1S/C19H22FN3O2S/c1-3-21-19(26)23-22-12-15-7-10-17(18(11-15)24-4-2)25-13-14-5-8-16(20)9-6-14/h5-12H,3-4,13H2,1-2H3,(H2,21,23,26). The van der Waals surface area contributed by atoms with Crippen LogP contribution in [0.5, 0.6) is 11.5 Å². The first kappa shape index (κ1) is 19.7. The summed E-state index contributed by atoms with van der Waals surface area (Å²) in [6.45, 7) is 5.43. The number of rotatable bonds is 8. The van der Waals surface area contributed by atoms with Crippen molar-refractivity contribution in [2.24, 2.45) is 5.10 Å². The van der Waals surface area contributed by atoms with Gasteiger partial charge in [-0.05, 0) is 67.5 Å². The lowest BCUT2D eigenvalue weighted by Gasteiger charge is -2.12. The van der Waals surface area contributed by atoms with E-state index in [-0.39, 0.29) is 5.82 Å². The minimum atomic E-state index is -0.269. The van der Waals surface area contributed by atoms with Crippen LogP contribution >= 0.6 is 12.2 Å². The van der Waals surface area contributed by atoms with Gasteiger partial charge in [0.25, 0.3) is 0 Å².